The van der Waals surface area contributed by atoms with Crippen molar-refractivity contribution in [2.24, 2.45) is 0 Å². The third-order valence-corrected chi connectivity index (χ3v) is 6.71. The summed E-state index contributed by atoms with van der Waals surface area (Å²) < 4.78 is 42.2. The smallest absolute Gasteiger partial charge is 0.407 e. The average molecular weight is 536 g/mol. The van der Waals surface area contributed by atoms with E-state index in [1.54, 1.807) is 39.0 Å². The second-order valence-corrected chi connectivity index (χ2v) is 11.2. The standard InChI is InChI=1S/C25H26ClNO8S/c1-25(2,3)35-24(30)27-10-12-34-22-20(16-9-11-33-14-16)8-7-17(21(22)23(28)29)15-36(31,32)19-6-4-5-18(26)13-19/h4-9,11,13-14H,10,12,15H2,1-3H3,(H,27,30)(H,28,29). The summed E-state index contributed by atoms with van der Waals surface area (Å²) in [5.41, 5.74) is -0.0286. The summed E-state index contributed by atoms with van der Waals surface area (Å²) in [6.45, 7) is 5.09. The molecule has 0 fully saturated rings. The van der Waals surface area contributed by atoms with Crippen LogP contribution in [0.4, 0.5) is 4.79 Å². The molecule has 192 valence electrons. The summed E-state index contributed by atoms with van der Waals surface area (Å²) in [5.74, 6) is -2.01. The van der Waals surface area contributed by atoms with Crippen LogP contribution in [0.1, 0.15) is 36.7 Å². The van der Waals surface area contributed by atoms with Crippen LogP contribution in [0, 0.1) is 0 Å². The van der Waals surface area contributed by atoms with Crippen molar-refractivity contribution >= 4 is 33.5 Å². The lowest BCUT2D eigenvalue weighted by molar-refractivity contribution is 0.0518. The van der Waals surface area contributed by atoms with E-state index in [4.69, 9.17) is 25.5 Å². The predicted octanol–water partition coefficient (Wildman–Crippen LogP) is 5.18. The fourth-order valence-corrected chi connectivity index (χ4v) is 5.01. The van der Waals surface area contributed by atoms with Crippen LogP contribution in [0.25, 0.3) is 11.1 Å². The molecule has 0 aliphatic heterocycles. The zero-order valence-corrected chi connectivity index (χ0v) is 21.5. The second-order valence-electron chi connectivity index (χ2n) is 8.79. The number of halogens is 1. The van der Waals surface area contributed by atoms with Crippen LogP contribution in [0.2, 0.25) is 5.02 Å². The van der Waals surface area contributed by atoms with E-state index in [0.29, 0.717) is 11.1 Å². The van der Waals surface area contributed by atoms with Crippen LogP contribution in [-0.2, 0) is 20.3 Å². The molecule has 0 bridgehead atoms. The number of sulfone groups is 1. The van der Waals surface area contributed by atoms with Crippen molar-refractivity contribution < 1.29 is 37.0 Å². The number of benzene rings is 2. The van der Waals surface area contributed by atoms with Gasteiger partial charge in [-0.2, -0.15) is 0 Å². The molecule has 11 heteroatoms. The molecule has 3 aromatic rings. The minimum atomic E-state index is -3.92. The summed E-state index contributed by atoms with van der Waals surface area (Å²) in [4.78, 5) is 24.2. The van der Waals surface area contributed by atoms with Gasteiger partial charge in [0, 0.05) is 16.1 Å². The number of ether oxygens (including phenoxy) is 2. The van der Waals surface area contributed by atoms with Crippen molar-refractivity contribution in [2.45, 2.75) is 37.0 Å². The highest BCUT2D eigenvalue weighted by molar-refractivity contribution is 7.90. The first kappa shape index (κ1) is 27.1. The van der Waals surface area contributed by atoms with Gasteiger partial charge in [-0.15, -0.1) is 0 Å². The molecular weight excluding hydrogens is 510 g/mol. The Kier molecular flexibility index (Phi) is 8.31. The molecule has 9 nitrogen and oxygen atoms in total. The molecule has 0 aliphatic carbocycles. The normalized spacial score (nSPS) is 11.7. The number of hydrogen-bond acceptors (Lipinski definition) is 7. The highest BCUT2D eigenvalue weighted by atomic mass is 35.5. The topological polar surface area (TPSA) is 132 Å². The van der Waals surface area contributed by atoms with Crippen LogP contribution < -0.4 is 10.1 Å². The minimum Gasteiger partial charge on any atom is -0.490 e. The summed E-state index contributed by atoms with van der Waals surface area (Å²) in [5, 5.41) is 12.8. The third kappa shape index (κ3) is 7.02. The summed E-state index contributed by atoms with van der Waals surface area (Å²) in [7, 11) is -3.92. The maximum absolute atomic E-state index is 13.0. The zero-order valence-electron chi connectivity index (χ0n) is 19.9. The maximum atomic E-state index is 13.0. The molecule has 36 heavy (non-hydrogen) atoms. The van der Waals surface area contributed by atoms with Crippen molar-refractivity contribution in [1.82, 2.24) is 5.32 Å². The van der Waals surface area contributed by atoms with Gasteiger partial charge in [-0.05, 0) is 50.6 Å². The number of hydrogen-bond donors (Lipinski definition) is 2. The lowest BCUT2D eigenvalue weighted by atomic mass is 9.99. The Bertz CT molecular complexity index is 1340. The van der Waals surface area contributed by atoms with Crippen molar-refractivity contribution in [1.29, 1.82) is 0 Å². The molecule has 1 heterocycles. The number of alkyl carbamates (subject to hydrolysis) is 1. The van der Waals surface area contributed by atoms with Gasteiger partial charge in [0.25, 0.3) is 0 Å². The molecule has 0 saturated carbocycles. The fourth-order valence-electron chi connectivity index (χ4n) is 3.34. The fraction of sp³-hybridized carbons (Fsp3) is 0.280. The van der Waals surface area contributed by atoms with Crippen LogP contribution in [0.15, 0.2) is 64.3 Å². The minimum absolute atomic E-state index is 0.0177. The number of furan rings is 1. The number of aromatic carboxylic acids is 1. The first-order valence-corrected chi connectivity index (χ1v) is 12.9. The maximum Gasteiger partial charge on any atom is 0.407 e. The van der Waals surface area contributed by atoms with Gasteiger partial charge in [0.2, 0.25) is 0 Å². The van der Waals surface area contributed by atoms with E-state index in [1.807, 2.05) is 0 Å². The number of carboxylic acids is 1. The van der Waals surface area contributed by atoms with Gasteiger partial charge in [-0.1, -0.05) is 29.8 Å². The van der Waals surface area contributed by atoms with E-state index < -0.39 is 33.3 Å². The van der Waals surface area contributed by atoms with Gasteiger partial charge in [0.05, 0.1) is 29.7 Å². The Morgan fingerprint density at radius 3 is 2.50 bits per heavy atom. The van der Waals surface area contributed by atoms with Crippen LogP contribution in [0.5, 0.6) is 5.75 Å². The van der Waals surface area contributed by atoms with E-state index >= 15 is 0 Å². The number of nitrogens with one attached hydrogen (secondary N) is 1. The molecule has 1 amide bonds. The van der Waals surface area contributed by atoms with E-state index in [-0.39, 0.29) is 39.9 Å². The number of rotatable bonds is 9. The Morgan fingerprint density at radius 2 is 1.89 bits per heavy atom. The molecule has 0 unspecified atom stereocenters. The van der Waals surface area contributed by atoms with Crippen LogP contribution in [0.3, 0.4) is 0 Å². The lowest BCUT2D eigenvalue weighted by Crippen LogP contribution is -2.34. The highest BCUT2D eigenvalue weighted by Crippen LogP contribution is 2.37. The molecular formula is C25H26ClNO8S. The van der Waals surface area contributed by atoms with E-state index in [1.165, 1.54) is 36.8 Å². The highest BCUT2D eigenvalue weighted by Gasteiger charge is 2.26. The molecule has 0 spiro atoms. The summed E-state index contributed by atoms with van der Waals surface area (Å²) >= 11 is 5.94. The van der Waals surface area contributed by atoms with Gasteiger partial charge in [-0.25, -0.2) is 18.0 Å². The molecule has 0 atom stereocenters. The van der Waals surface area contributed by atoms with Gasteiger partial charge in [0.15, 0.2) is 9.84 Å². The Morgan fingerprint density at radius 1 is 1.14 bits per heavy atom. The molecule has 0 saturated heterocycles. The van der Waals surface area contributed by atoms with Crippen LogP contribution >= 0.6 is 11.6 Å². The van der Waals surface area contributed by atoms with Crippen LogP contribution in [-0.4, -0.2) is 44.3 Å². The number of carbonyl (C=O) groups is 2. The largest absolute Gasteiger partial charge is 0.490 e. The van der Waals surface area contributed by atoms with E-state index in [2.05, 4.69) is 5.32 Å². The first-order chi connectivity index (χ1) is 16.9. The first-order valence-electron chi connectivity index (χ1n) is 10.9. The lowest BCUT2D eigenvalue weighted by Gasteiger charge is -2.20. The number of carboxylic acid groups (broad SMARTS) is 1. The monoisotopic (exact) mass is 535 g/mol. The number of amides is 1. The molecule has 0 radical (unpaired) electrons. The van der Waals surface area contributed by atoms with Gasteiger partial charge in [-0.3, -0.25) is 0 Å². The molecule has 2 aromatic carbocycles. The summed E-state index contributed by atoms with van der Waals surface area (Å²) in [6, 6.07) is 10.4. The summed E-state index contributed by atoms with van der Waals surface area (Å²) in [6.07, 6.45) is 2.18. The van der Waals surface area contributed by atoms with Gasteiger partial charge >= 0.3 is 12.1 Å². The number of carbonyl (C=O) groups excluding carboxylic acids is 1. The van der Waals surface area contributed by atoms with Crippen molar-refractivity contribution in [3.8, 4) is 16.9 Å². The third-order valence-electron chi connectivity index (χ3n) is 4.81. The average Bonchev–Trinajstić information content (AvgIpc) is 3.30. The molecule has 2 N–H and O–H groups in total. The SMILES string of the molecule is CC(C)(C)OC(=O)NCCOc1c(-c2ccoc2)ccc(CS(=O)(=O)c2cccc(Cl)c2)c1C(=O)O. The Labute approximate surface area is 213 Å². The zero-order chi connectivity index (χ0) is 26.5. The van der Waals surface area contributed by atoms with Crippen molar-refractivity contribution in [2.75, 3.05) is 13.2 Å². The molecule has 3 rings (SSSR count). The van der Waals surface area contributed by atoms with Crippen molar-refractivity contribution in [3.05, 3.63) is 71.1 Å². The van der Waals surface area contributed by atoms with Gasteiger partial charge < -0.3 is 24.3 Å². The molecule has 1 aromatic heterocycles. The Hall–Kier alpha value is -3.50. The molecule has 0 aliphatic rings. The predicted molar refractivity (Wildman–Crippen MR) is 133 cm³/mol. The Balaban J connectivity index is 1.93. The van der Waals surface area contributed by atoms with E-state index in [0.717, 1.165) is 0 Å². The quantitative estimate of drug-likeness (QED) is 0.358. The van der Waals surface area contributed by atoms with E-state index in [9.17, 15) is 23.1 Å². The van der Waals surface area contributed by atoms with Gasteiger partial charge in [0.1, 0.15) is 23.5 Å². The second kappa shape index (κ2) is 11.0. The van der Waals surface area contributed by atoms with Crippen molar-refractivity contribution in [3.63, 3.8) is 0 Å².